The maximum atomic E-state index is 11.8. The second-order valence-corrected chi connectivity index (χ2v) is 5.72. The Hall–Kier alpha value is -1.75. The van der Waals surface area contributed by atoms with Crippen molar-refractivity contribution in [3.05, 3.63) is 23.8 Å². The van der Waals surface area contributed by atoms with E-state index in [4.69, 9.17) is 15.2 Å². The molecule has 20 heavy (non-hydrogen) atoms. The fraction of sp³-hybridized carbons (Fsp3) is 0.533. The average Bonchev–Trinajstić information content (AvgIpc) is 2.36. The zero-order valence-electron chi connectivity index (χ0n) is 12.8. The lowest BCUT2D eigenvalue weighted by atomic mass is 9.99. The topological polar surface area (TPSA) is 73.6 Å². The van der Waals surface area contributed by atoms with Gasteiger partial charge in [0.25, 0.3) is 0 Å². The van der Waals surface area contributed by atoms with Gasteiger partial charge in [0, 0.05) is 5.69 Å². The Morgan fingerprint density at radius 1 is 1.40 bits per heavy atom. The average molecular weight is 280 g/mol. The van der Waals surface area contributed by atoms with E-state index in [1.807, 2.05) is 33.8 Å². The summed E-state index contributed by atoms with van der Waals surface area (Å²) in [5, 5.41) is 2.76. The van der Waals surface area contributed by atoms with E-state index in [0.29, 0.717) is 12.2 Å². The van der Waals surface area contributed by atoms with Crippen molar-refractivity contribution >= 4 is 11.8 Å². The minimum atomic E-state index is -0.532. The van der Waals surface area contributed by atoms with Crippen LogP contribution in [0.4, 0.5) is 10.5 Å². The summed E-state index contributed by atoms with van der Waals surface area (Å²) in [6.07, 6.45) is -0.479. The number of rotatable bonds is 4. The van der Waals surface area contributed by atoms with Crippen molar-refractivity contribution in [2.75, 3.05) is 19.0 Å². The molecule has 0 fully saturated rings. The lowest BCUT2D eigenvalue weighted by Gasteiger charge is -2.21. The van der Waals surface area contributed by atoms with Crippen molar-refractivity contribution in [3.8, 4) is 5.75 Å². The first-order valence-electron chi connectivity index (χ1n) is 6.65. The highest BCUT2D eigenvalue weighted by Gasteiger charge is 2.18. The van der Waals surface area contributed by atoms with Crippen LogP contribution in [0.3, 0.4) is 0 Å². The molecule has 0 aliphatic rings. The van der Waals surface area contributed by atoms with E-state index in [1.165, 1.54) is 0 Å². The molecule has 0 saturated heterocycles. The third-order valence-corrected chi connectivity index (χ3v) is 2.78. The molecule has 112 valence electrons. The van der Waals surface area contributed by atoms with Gasteiger partial charge in [0.05, 0.1) is 7.11 Å². The van der Waals surface area contributed by atoms with Crippen molar-refractivity contribution in [1.82, 2.24) is 0 Å². The van der Waals surface area contributed by atoms with Gasteiger partial charge in [-0.3, -0.25) is 5.32 Å². The van der Waals surface area contributed by atoms with Gasteiger partial charge in [0.2, 0.25) is 0 Å². The van der Waals surface area contributed by atoms with Gasteiger partial charge >= 0.3 is 6.09 Å². The van der Waals surface area contributed by atoms with Crippen LogP contribution in [-0.2, 0) is 4.74 Å². The molecule has 0 bridgehead atoms. The first kappa shape index (κ1) is 16.3. The minimum absolute atomic E-state index is 0.107. The number of nitrogens with two attached hydrogens (primary N) is 1. The van der Waals surface area contributed by atoms with Crippen LogP contribution < -0.4 is 15.8 Å². The molecule has 0 heterocycles. The first-order chi connectivity index (χ1) is 9.26. The summed E-state index contributed by atoms with van der Waals surface area (Å²) in [5.74, 6) is 0.838. The number of ether oxygens (including phenoxy) is 2. The Kier molecular flexibility index (Phi) is 5.39. The SMILES string of the molecule is COc1ccc(NC(=O)OC(C)(C)C)c(C(C)CN)c1. The van der Waals surface area contributed by atoms with Gasteiger partial charge in [-0.15, -0.1) is 0 Å². The van der Waals surface area contributed by atoms with Crippen LogP contribution in [0.2, 0.25) is 0 Å². The predicted molar refractivity (Wildman–Crippen MR) is 80.3 cm³/mol. The molecule has 0 saturated carbocycles. The van der Waals surface area contributed by atoms with E-state index >= 15 is 0 Å². The van der Waals surface area contributed by atoms with Gasteiger partial charge in [-0.05, 0) is 57.0 Å². The molecule has 1 aromatic carbocycles. The van der Waals surface area contributed by atoms with Crippen LogP contribution in [0, 0.1) is 0 Å². The highest BCUT2D eigenvalue weighted by Crippen LogP contribution is 2.28. The van der Waals surface area contributed by atoms with Gasteiger partial charge in [0.15, 0.2) is 0 Å². The number of carbonyl (C=O) groups is 1. The molecule has 1 rings (SSSR count). The molecule has 5 heteroatoms. The highest BCUT2D eigenvalue weighted by atomic mass is 16.6. The maximum Gasteiger partial charge on any atom is 0.412 e. The van der Waals surface area contributed by atoms with Crippen LogP contribution in [0.5, 0.6) is 5.75 Å². The van der Waals surface area contributed by atoms with Crippen LogP contribution >= 0.6 is 0 Å². The monoisotopic (exact) mass is 280 g/mol. The molecule has 0 radical (unpaired) electrons. The fourth-order valence-corrected chi connectivity index (χ4v) is 1.73. The predicted octanol–water partition coefficient (Wildman–Crippen LogP) is 3.10. The van der Waals surface area contributed by atoms with Gasteiger partial charge < -0.3 is 15.2 Å². The summed E-state index contributed by atoms with van der Waals surface area (Å²) in [7, 11) is 1.60. The third kappa shape index (κ3) is 4.74. The molecule has 0 aliphatic carbocycles. The van der Waals surface area contributed by atoms with Crippen molar-refractivity contribution < 1.29 is 14.3 Å². The number of benzene rings is 1. The molecular formula is C15H24N2O3. The molecule has 1 aromatic rings. The van der Waals surface area contributed by atoms with Crippen molar-refractivity contribution in [2.45, 2.75) is 39.2 Å². The summed E-state index contributed by atoms with van der Waals surface area (Å²) in [6.45, 7) is 7.95. The maximum absolute atomic E-state index is 11.8. The quantitative estimate of drug-likeness (QED) is 0.888. The molecule has 3 N–H and O–H groups in total. The second-order valence-electron chi connectivity index (χ2n) is 5.72. The van der Waals surface area contributed by atoms with E-state index < -0.39 is 11.7 Å². The molecule has 0 aliphatic heterocycles. The summed E-state index contributed by atoms with van der Waals surface area (Å²) < 4.78 is 10.5. The minimum Gasteiger partial charge on any atom is -0.497 e. The molecule has 1 amide bonds. The summed E-state index contributed by atoms with van der Waals surface area (Å²) in [5.41, 5.74) is 6.80. The van der Waals surface area contributed by atoms with Crippen molar-refractivity contribution in [3.63, 3.8) is 0 Å². The van der Waals surface area contributed by atoms with E-state index in [-0.39, 0.29) is 5.92 Å². The summed E-state index contributed by atoms with van der Waals surface area (Å²) in [6, 6.07) is 5.47. The normalized spacial score (nSPS) is 12.7. The zero-order chi connectivity index (χ0) is 15.3. The Bertz CT molecular complexity index is 467. The number of anilines is 1. The van der Waals surface area contributed by atoms with Gasteiger partial charge in [-0.25, -0.2) is 4.79 Å². The van der Waals surface area contributed by atoms with E-state index in [2.05, 4.69) is 5.32 Å². The number of hydrogen-bond acceptors (Lipinski definition) is 4. The number of carbonyl (C=O) groups excluding carboxylic acids is 1. The molecule has 0 aromatic heterocycles. The smallest absolute Gasteiger partial charge is 0.412 e. The Balaban J connectivity index is 2.96. The van der Waals surface area contributed by atoms with E-state index in [1.54, 1.807) is 19.2 Å². The van der Waals surface area contributed by atoms with Gasteiger partial charge in [0.1, 0.15) is 11.4 Å². The lowest BCUT2D eigenvalue weighted by Crippen LogP contribution is -2.27. The fourth-order valence-electron chi connectivity index (χ4n) is 1.73. The largest absolute Gasteiger partial charge is 0.497 e. The first-order valence-corrected chi connectivity index (χ1v) is 6.65. The molecule has 5 nitrogen and oxygen atoms in total. The summed E-state index contributed by atoms with van der Waals surface area (Å²) in [4.78, 5) is 11.8. The van der Waals surface area contributed by atoms with Crippen molar-refractivity contribution in [1.29, 1.82) is 0 Å². The zero-order valence-corrected chi connectivity index (χ0v) is 12.8. The van der Waals surface area contributed by atoms with Gasteiger partial charge in [-0.2, -0.15) is 0 Å². The van der Waals surface area contributed by atoms with Crippen LogP contribution in [0.15, 0.2) is 18.2 Å². The number of amides is 1. The van der Waals surface area contributed by atoms with Crippen LogP contribution in [0.25, 0.3) is 0 Å². The van der Waals surface area contributed by atoms with E-state index in [9.17, 15) is 4.79 Å². The standard InChI is InChI=1S/C15H24N2O3/c1-10(9-16)12-8-11(19-5)6-7-13(12)17-14(18)20-15(2,3)4/h6-8,10H,9,16H2,1-5H3,(H,17,18). The van der Waals surface area contributed by atoms with Crippen molar-refractivity contribution in [2.24, 2.45) is 5.73 Å². The second kappa shape index (κ2) is 6.61. The number of hydrogen-bond donors (Lipinski definition) is 2. The third-order valence-electron chi connectivity index (χ3n) is 2.78. The van der Waals surface area contributed by atoms with Crippen LogP contribution in [0.1, 0.15) is 39.2 Å². The Morgan fingerprint density at radius 2 is 2.05 bits per heavy atom. The lowest BCUT2D eigenvalue weighted by molar-refractivity contribution is 0.0635. The molecule has 1 unspecified atom stereocenters. The molecular weight excluding hydrogens is 256 g/mol. The number of nitrogens with one attached hydrogen (secondary N) is 1. The molecule has 0 spiro atoms. The Morgan fingerprint density at radius 3 is 2.55 bits per heavy atom. The highest BCUT2D eigenvalue weighted by molar-refractivity contribution is 5.86. The Labute approximate surface area is 120 Å². The summed E-state index contributed by atoms with van der Waals surface area (Å²) >= 11 is 0. The molecule has 1 atom stereocenters. The van der Waals surface area contributed by atoms with Crippen LogP contribution in [-0.4, -0.2) is 25.3 Å². The van der Waals surface area contributed by atoms with Gasteiger partial charge in [-0.1, -0.05) is 6.92 Å². The van der Waals surface area contributed by atoms with E-state index in [0.717, 1.165) is 11.3 Å². The number of methoxy groups -OCH3 is 1.